The van der Waals surface area contributed by atoms with Crippen molar-refractivity contribution in [3.63, 3.8) is 0 Å². The summed E-state index contributed by atoms with van der Waals surface area (Å²) in [6, 6.07) is 10.2. The summed E-state index contributed by atoms with van der Waals surface area (Å²) in [5, 5.41) is 15.7. The van der Waals surface area contributed by atoms with E-state index in [2.05, 4.69) is 27.3 Å². The maximum absolute atomic E-state index is 12.5. The molecule has 1 aromatic heterocycles. The monoisotopic (exact) mass is 311 g/mol. The largest absolute Gasteiger partial charge is 0.392 e. The molecular formula is C18H21N3O2. The summed E-state index contributed by atoms with van der Waals surface area (Å²) in [6.07, 6.45) is 3.49. The molecule has 0 aliphatic carbocycles. The zero-order chi connectivity index (χ0) is 15.9. The van der Waals surface area contributed by atoms with Gasteiger partial charge in [-0.05, 0) is 30.7 Å². The Kier molecular flexibility index (Phi) is 3.45. The second-order valence-corrected chi connectivity index (χ2v) is 6.60. The summed E-state index contributed by atoms with van der Waals surface area (Å²) in [4.78, 5) is 19.2. The SMILES string of the molecule is O=C1NCCC[C@]12CN(c1nccc3ccccc13)CC[C@@H]2O. The highest BCUT2D eigenvalue weighted by Gasteiger charge is 2.50. The number of rotatable bonds is 1. The standard InChI is InChI=1S/C18H21N3O2/c22-15-7-11-21(12-18(15)8-3-9-20-17(18)23)16-14-5-2-1-4-13(14)6-10-19-16/h1-2,4-6,10,15,22H,3,7-9,11-12H2,(H,20,23)/t15-,18+/m0/s1. The van der Waals surface area contributed by atoms with Crippen LogP contribution in [-0.4, -0.2) is 41.7 Å². The molecule has 0 bridgehead atoms. The van der Waals surface area contributed by atoms with Crippen LogP contribution in [0.5, 0.6) is 0 Å². The molecule has 0 unspecified atom stereocenters. The van der Waals surface area contributed by atoms with E-state index in [9.17, 15) is 9.90 Å². The van der Waals surface area contributed by atoms with Crippen LogP contribution in [0.1, 0.15) is 19.3 Å². The number of fused-ring (bicyclic) bond motifs is 1. The van der Waals surface area contributed by atoms with Crippen LogP contribution in [0, 0.1) is 5.41 Å². The maximum Gasteiger partial charge on any atom is 0.230 e. The van der Waals surface area contributed by atoms with Crippen LogP contribution in [0.3, 0.4) is 0 Å². The van der Waals surface area contributed by atoms with Crippen molar-refractivity contribution in [2.75, 3.05) is 24.5 Å². The lowest BCUT2D eigenvalue weighted by Crippen LogP contribution is -2.61. The van der Waals surface area contributed by atoms with Crippen molar-refractivity contribution < 1.29 is 9.90 Å². The van der Waals surface area contributed by atoms with Gasteiger partial charge in [0, 0.05) is 31.2 Å². The average molecular weight is 311 g/mol. The van der Waals surface area contributed by atoms with Gasteiger partial charge in [-0.2, -0.15) is 0 Å². The molecule has 5 nitrogen and oxygen atoms in total. The molecule has 3 heterocycles. The number of aliphatic hydroxyl groups is 1. The summed E-state index contributed by atoms with van der Waals surface area (Å²) in [6.45, 7) is 1.96. The van der Waals surface area contributed by atoms with Crippen LogP contribution in [0.15, 0.2) is 36.5 Å². The average Bonchev–Trinajstić information content (AvgIpc) is 2.59. The second kappa shape index (κ2) is 5.49. The number of nitrogens with one attached hydrogen (secondary N) is 1. The van der Waals surface area contributed by atoms with E-state index in [1.54, 1.807) is 0 Å². The molecule has 5 heteroatoms. The zero-order valence-corrected chi connectivity index (χ0v) is 13.0. The van der Waals surface area contributed by atoms with Crippen molar-refractivity contribution in [3.8, 4) is 0 Å². The van der Waals surface area contributed by atoms with Gasteiger partial charge in [-0.1, -0.05) is 24.3 Å². The van der Waals surface area contributed by atoms with Crippen LogP contribution in [0.4, 0.5) is 5.82 Å². The molecule has 0 saturated carbocycles. The van der Waals surface area contributed by atoms with Crippen LogP contribution in [0.25, 0.3) is 10.8 Å². The summed E-state index contributed by atoms with van der Waals surface area (Å²) in [5.74, 6) is 0.897. The van der Waals surface area contributed by atoms with Gasteiger partial charge in [0.1, 0.15) is 5.82 Å². The number of aromatic nitrogens is 1. The Morgan fingerprint density at radius 1 is 1.30 bits per heavy atom. The molecule has 2 atom stereocenters. The predicted octanol–water partition coefficient (Wildman–Crippen LogP) is 1.70. The highest BCUT2D eigenvalue weighted by atomic mass is 16.3. The van der Waals surface area contributed by atoms with Gasteiger partial charge in [-0.15, -0.1) is 0 Å². The van der Waals surface area contributed by atoms with Gasteiger partial charge < -0.3 is 15.3 Å². The first-order valence-corrected chi connectivity index (χ1v) is 8.26. The number of carbonyl (C=O) groups excluding carboxylic acids is 1. The van der Waals surface area contributed by atoms with Gasteiger partial charge in [0.25, 0.3) is 0 Å². The smallest absolute Gasteiger partial charge is 0.230 e. The van der Waals surface area contributed by atoms with Gasteiger partial charge >= 0.3 is 0 Å². The Hall–Kier alpha value is -2.14. The highest BCUT2D eigenvalue weighted by molar-refractivity contribution is 5.93. The van der Waals surface area contributed by atoms with Gasteiger partial charge in [0.2, 0.25) is 5.91 Å². The van der Waals surface area contributed by atoms with Gasteiger partial charge in [-0.3, -0.25) is 4.79 Å². The Bertz CT molecular complexity index is 743. The normalized spacial score (nSPS) is 28.1. The number of pyridine rings is 1. The molecule has 1 spiro atoms. The lowest BCUT2D eigenvalue weighted by molar-refractivity contribution is -0.142. The summed E-state index contributed by atoms with van der Waals surface area (Å²) >= 11 is 0. The van der Waals surface area contributed by atoms with Gasteiger partial charge in [0.15, 0.2) is 0 Å². The number of hydrogen-bond acceptors (Lipinski definition) is 4. The highest BCUT2D eigenvalue weighted by Crippen LogP contribution is 2.39. The van der Waals surface area contributed by atoms with E-state index < -0.39 is 11.5 Å². The van der Waals surface area contributed by atoms with Crippen LogP contribution >= 0.6 is 0 Å². The van der Waals surface area contributed by atoms with Crippen molar-refractivity contribution in [1.82, 2.24) is 10.3 Å². The molecule has 120 valence electrons. The Balaban J connectivity index is 1.73. The first-order valence-electron chi connectivity index (χ1n) is 8.26. The number of nitrogens with zero attached hydrogens (tertiary/aromatic N) is 2. The van der Waals surface area contributed by atoms with Crippen molar-refractivity contribution in [2.45, 2.75) is 25.4 Å². The summed E-state index contributed by atoms with van der Waals surface area (Å²) in [5.41, 5.74) is -0.699. The number of amides is 1. The van der Waals surface area contributed by atoms with E-state index in [0.29, 0.717) is 19.5 Å². The lowest BCUT2D eigenvalue weighted by Gasteiger charge is -2.47. The molecular weight excluding hydrogens is 290 g/mol. The molecule has 23 heavy (non-hydrogen) atoms. The first kappa shape index (κ1) is 14.5. The predicted molar refractivity (Wildman–Crippen MR) is 89.3 cm³/mol. The minimum Gasteiger partial charge on any atom is -0.392 e. The summed E-state index contributed by atoms with van der Waals surface area (Å²) < 4.78 is 0. The van der Waals surface area contributed by atoms with E-state index in [4.69, 9.17) is 0 Å². The summed E-state index contributed by atoms with van der Waals surface area (Å²) in [7, 11) is 0. The zero-order valence-electron chi connectivity index (χ0n) is 13.0. The van der Waals surface area contributed by atoms with E-state index >= 15 is 0 Å². The van der Waals surface area contributed by atoms with Crippen LogP contribution in [-0.2, 0) is 4.79 Å². The van der Waals surface area contributed by atoms with Crippen molar-refractivity contribution in [2.24, 2.45) is 5.41 Å². The number of carbonyl (C=O) groups is 1. The third-order valence-electron chi connectivity index (χ3n) is 5.27. The fourth-order valence-corrected chi connectivity index (χ4v) is 3.98. The third-order valence-corrected chi connectivity index (χ3v) is 5.27. The fourth-order valence-electron chi connectivity index (χ4n) is 3.98. The number of benzene rings is 1. The number of anilines is 1. The number of piperidine rings is 2. The van der Waals surface area contributed by atoms with E-state index in [1.807, 2.05) is 24.4 Å². The molecule has 2 saturated heterocycles. The topological polar surface area (TPSA) is 65.5 Å². The van der Waals surface area contributed by atoms with Gasteiger partial charge in [0.05, 0.1) is 11.5 Å². The van der Waals surface area contributed by atoms with Crippen LogP contribution in [0.2, 0.25) is 0 Å². The molecule has 2 aliphatic rings. The van der Waals surface area contributed by atoms with E-state index in [-0.39, 0.29) is 5.91 Å². The third kappa shape index (κ3) is 2.27. The first-order chi connectivity index (χ1) is 11.2. The molecule has 4 rings (SSSR count). The van der Waals surface area contributed by atoms with E-state index in [0.717, 1.165) is 36.0 Å². The number of hydrogen-bond donors (Lipinski definition) is 2. The molecule has 2 N–H and O–H groups in total. The van der Waals surface area contributed by atoms with Gasteiger partial charge in [-0.25, -0.2) is 4.98 Å². The molecule has 2 fully saturated rings. The lowest BCUT2D eigenvalue weighted by atomic mass is 9.71. The second-order valence-electron chi connectivity index (χ2n) is 6.60. The Morgan fingerprint density at radius 2 is 2.17 bits per heavy atom. The van der Waals surface area contributed by atoms with Crippen LogP contribution < -0.4 is 10.2 Å². The molecule has 2 aliphatic heterocycles. The minimum absolute atomic E-state index is 0.0128. The van der Waals surface area contributed by atoms with Crippen molar-refractivity contribution in [3.05, 3.63) is 36.5 Å². The minimum atomic E-state index is -0.699. The molecule has 0 radical (unpaired) electrons. The van der Waals surface area contributed by atoms with Crippen molar-refractivity contribution >= 4 is 22.5 Å². The Labute approximate surface area is 135 Å². The number of aliphatic hydroxyl groups excluding tert-OH is 1. The molecule has 1 amide bonds. The van der Waals surface area contributed by atoms with E-state index in [1.165, 1.54) is 0 Å². The fraction of sp³-hybridized carbons (Fsp3) is 0.444. The molecule has 2 aromatic rings. The maximum atomic E-state index is 12.5. The van der Waals surface area contributed by atoms with Crippen molar-refractivity contribution in [1.29, 1.82) is 0 Å². The molecule has 1 aromatic carbocycles. The quantitative estimate of drug-likeness (QED) is 0.841. The Morgan fingerprint density at radius 3 is 3.04 bits per heavy atom.